The summed E-state index contributed by atoms with van der Waals surface area (Å²) in [7, 11) is -1.60. The van der Waals surface area contributed by atoms with Crippen LogP contribution in [0.25, 0.3) is 0 Å². The quantitative estimate of drug-likeness (QED) is 0.638. The SMILES string of the molecule is O=C1CC(CO)CN1c1cc(B(O)O)ccc1Cl. The van der Waals surface area contributed by atoms with Crippen LogP contribution in [0.2, 0.25) is 5.02 Å². The van der Waals surface area contributed by atoms with Gasteiger partial charge in [-0.15, -0.1) is 0 Å². The zero-order valence-electron chi connectivity index (χ0n) is 9.58. The molecule has 96 valence electrons. The molecule has 1 aromatic carbocycles. The Kier molecular flexibility index (Phi) is 3.92. The number of aliphatic hydroxyl groups is 1. The molecule has 1 atom stereocenters. The molecular weight excluding hydrogens is 256 g/mol. The van der Waals surface area contributed by atoms with E-state index in [1.807, 2.05) is 0 Å². The van der Waals surface area contributed by atoms with Crippen molar-refractivity contribution in [3.05, 3.63) is 23.2 Å². The fourth-order valence-corrected chi connectivity index (χ4v) is 2.25. The van der Waals surface area contributed by atoms with Crippen molar-refractivity contribution >= 4 is 35.8 Å². The van der Waals surface area contributed by atoms with Crippen LogP contribution >= 0.6 is 11.6 Å². The van der Waals surface area contributed by atoms with Crippen LogP contribution in [-0.2, 0) is 4.79 Å². The van der Waals surface area contributed by atoms with Gasteiger partial charge in [0.15, 0.2) is 0 Å². The van der Waals surface area contributed by atoms with Crippen LogP contribution < -0.4 is 10.4 Å². The molecule has 1 heterocycles. The molecule has 1 amide bonds. The summed E-state index contributed by atoms with van der Waals surface area (Å²) in [6.45, 7) is 0.336. The van der Waals surface area contributed by atoms with Crippen LogP contribution in [0.4, 0.5) is 5.69 Å². The maximum Gasteiger partial charge on any atom is 0.488 e. The molecule has 0 saturated carbocycles. The van der Waals surface area contributed by atoms with Gasteiger partial charge in [0, 0.05) is 25.5 Å². The second kappa shape index (κ2) is 5.28. The van der Waals surface area contributed by atoms with Crippen molar-refractivity contribution < 1.29 is 19.9 Å². The highest BCUT2D eigenvalue weighted by Gasteiger charge is 2.31. The Labute approximate surface area is 110 Å². The summed E-state index contributed by atoms with van der Waals surface area (Å²) in [5.74, 6) is -0.225. The molecule has 1 saturated heterocycles. The molecule has 1 unspecified atom stereocenters. The van der Waals surface area contributed by atoms with E-state index in [0.717, 1.165) is 0 Å². The van der Waals surface area contributed by atoms with Crippen LogP contribution in [0.5, 0.6) is 0 Å². The van der Waals surface area contributed by atoms with E-state index < -0.39 is 7.12 Å². The van der Waals surface area contributed by atoms with Crippen molar-refractivity contribution in [2.24, 2.45) is 5.92 Å². The standard InChI is InChI=1S/C11H13BClNO4/c13-9-2-1-8(12(17)18)4-10(9)14-5-7(6-15)3-11(14)16/h1-2,4,7,15,17-18H,3,5-6H2. The second-order valence-corrected chi connectivity index (χ2v) is 4.75. The number of anilines is 1. The number of hydrogen-bond donors (Lipinski definition) is 3. The minimum Gasteiger partial charge on any atom is -0.423 e. The summed E-state index contributed by atoms with van der Waals surface area (Å²) in [6.07, 6.45) is 0.277. The number of halogens is 1. The molecule has 7 heteroatoms. The highest BCUT2D eigenvalue weighted by molar-refractivity contribution is 6.59. The van der Waals surface area contributed by atoms with Crippen molar-refractivity contribution in [2.75, 3.05) is 18.1 Å². The predicted octanol–water partition coefficient (Wildman–Crippen LogP) is -0.635. The van der Waals surface area contributed by atoms with E-state index in [-0.39, 0.29) is 30.3 Å². The maximum atomic E-state index is 11.8. The summed E-state index contributed by atoms with van der Waals surface area (Å²) in [4.78, 5) is 13.3. The van der Waals surface area contributed by atoms with Gasteiger partial charge in [-0.05, 0) is 17.6 Å². The van der Waals surface area contributed by atoms with Crippen molar-refractivity contribution in [3.8, 4) is 0 Å². The lowest BCUT2D eigenvalue weighted by Gasteiger charge is -2.19. The molecular formula is C11H13BClNO4. The van der Waals surface area contributed by atoms with Crippen LogP contribution in [0.15, 0.2) is 18.2 Å². The minimum absolute atomic E-state index is 0.0534. The molecule has 18 heavy (non-hydrogen) atoms. The monoisotopic (exact) mass is 269 g/mol. The molecule has 1 aliphatic heterocycles. The third-order valence-electron chi connectivity index (χ3n) is 3.02. The van der Waals surface area contributed by atoms with Gasteiger partial charge in [-0.25, -0.2) is 0 Å². The topological polar surface area (TPSA) is 81.0 Å². The van der Waals surface area contributed by atoms with Gasteiger partial charge < -0.3 is 20.1 Å². The second-order valence-electron chi connectivity index (χ2n) is 4.34. The number of carbonyl (C=O) groups excluding carboxylic acids is 1. The third-order valence-corrected chi connectivity index (χ3v) is 3.34. The van der Waals surface area contributed by atoms with E-state index in [1.165, 1.54) is 23.1 Å². The van der Waals surface area contributed by atoms with Crippen LogP contribution in [-0.4, -0.2) is 41.3 Å². The maximum absolute atomic E-state index is 11.8. The van der Waals surface area contributed by atoms with Gasteiger partial charge in [-0.1, -0.05) is 17.7 Å². The third kappa shape index (κ3) is 2.51. The van der Waals surface area contributed by atoms with Crippen molar-refractivity contribution in [3.63, 3.8) is 0 Å². The molecule has 0 spiro atoms. The van der Waals surface area contributed by atoms with Crippen molar-refractivity contribution in [1.82, 2.24) is 0 Å². The summed E-state index contributed by atoms with van der Waals surface area (Å²) >= 11 is 6.02. The number of hydrogen-bond acceptors (Lipinski definition) is 4. The number of carbonyl (C=O) groups is 1. The lowest BCUT2D eigenvalue weighted by atomic mass is 9.80. The molecule has 5 nitrogen and oxygen atoms in total. The first-order chi connectivity index (χ1) is 8.52. The minimum atomic E-state index is -1.60. The Morgan fingerprint density at radius 1 is 1.44 bits per heavy atom. The summed E-state index contributed by atoms with van der Waals surface area (Å²) in [6, 6.07) is 4.48. The average molecular weight is 269 g/mol. The highest BCUT2D eigenvalue weighted by atomic mass is 35.5. The Bertz CT molecular complexity index is 468. The molecule has 3 N–H and O–H groups in total. The summed E-state index contributed by atoms with van der Waals surface area (Å²) in [5, 5.41) is 27.7. The number of aliphatic hydroxyl groups excluding tert-OH is 1. The van der Waals surface area contributed by atoms with Crippen molar-refractivity contribution in [1.29, 1.82) is 0 Å². The van der Waals surface area contributed by atoms with Gasteiger partial charge in [0.1, 0.15) is 0 Å². The lowest BCUT2D eigenvalue weighted by Crippen LogP contribution is -2.32. The Balaban J connectivity index is 2.33. The van der Waals surface area contributed by atoms with E-state index >= 15 is 0 Å². The van der Waals surface area contributed by atoms with Crippen LogP contribution in [0, 0.1) is 5.92 Å². The molecule has 1 fully saturated rings. The number of nitrogens with zero attached hydrogens (tertiary/aromatic N) is 1. The van der Waals surface area contributed by atoms with E-state index in [1.54, 1.807) is 0 Å². The van der Waals surface area contributed by atoms with E-state index in [9.17, 15) is 4.79 Å². The van der Waals surface area contributed by atoms with Crippen LogP contribution in [0.3, 0.4) is 0 Å². The Morgan fingerprint density at radius 2 is 2.17 bits per heavy atom. The normalized spacial score (nSPS) is 19.4. The zero-order valence-corrected chi connectivity index (χ0v) is 10.3. The Hall–Kier alpha value is -1.08. The first-order valence-corrected chi connectivity index (χ1v) is 5.97. The number of amides is 1. The Morgan fingerprint density at radius 3 is 2.72 bits per heavy atom. The van der Waals surface area contributed by atoms with Gasteiger partial charge in [0.2, 0.25) is 5.91 Å². The molecule has 1 aliphatic rings. The molecule has 0 aliphatic carbocycles. The molecule has 1 aromatic rings. The lowest BCUT2D eigenvalue weighted by molar-refractivity contribution is -0.117. The zero-order chi connectivity index (χ0) is 13.3. The fraction of sp³-hybridized carbons (Fsp3) is 0.364. The van der Waals surface area contributed by atoms with Gasteiger partial charge >= 0.3 is 7.12 Å². The summed E-state index contributed by atoms with van der Waals surface area (Å²) in [5.41, 5.74) is 0.720. The predicted molar refractivity (Wildman–Crippen MR) is 68.8 cm³/mol. The molecule has 2 rings (SSSR count). The highest BCUT2D eigenvalue weighted by Crippen LogP contribution is 2.30. The molecule has 0 bridgehead atoms. The van der Waals surface area contributed by atoms with Crippen LogP contribution in [0.1, 0.15) is 6.42 Å². The first-order valence-electron chi connectivity index (χ1n) is 5.59. The van der Waals surface area contributed by atoms with Gasteiger partial charge in [-0.2, -0.15) is 0 Å². The van der Waals surface area contributed by atoms with E-state index in [0.29, 0.717) is 17.3 Å². The average Bonchev–Trinajstić information content (AvgIpc) is 2.71. The molecule has 0 aromatic heterocycles. The van der Waals surface area contributed by atoms with E-state index in [2.05, 4.69) is 0 Å². The number of rotatable bonds is 3. The van der Waals surface area contributed by atoms with Gasteiger partial charge in [-0.3, -0.25) is 4.79 Å². The van der Waals surface area contributed by atoms with Gasteiger partial charge in [0.05, 0.1) is 10.7 Å². The fourth-order valence-electron chi connectivity index (χ4n) is 2.03. The van der Waals surface area contributed by atoms with Gasteiger partial charge in [0.25, 0.3) is 0 Å². The summed E-state index contributed by atoms with van der Waals surface area (Å²) < 4.78 is 0. The first kappa shape index (κ1) is 13.4. The number of benzene rings is 1. The van der Waals surface area contributed by atoms with E-state index in [4.69, 9.17) is 26.8 Å². The molecule has 0 radical (unpaired) electrons. The smallest absolute Gasteiger partial charge is 0.423 e. The van der Waals surface area contributed by atoms with Crippen molar-refractivity contribution in [2.45, 2.75) is 6.42 Å². The largest absolute Gasteiger partial charge is 0.488 e.